The maximum atomic E-state index is 5.54. The molecule has 19 heavy (non-hydrogen) atoms. The van der Waals surface area contributed by atoms with Crippen LogP contribution in [0, 0.1) is 13.8 Å². The molecular formula is C15H21N3O. The second-order valence-electron chi connectivity index (χ2n) is 4.75. The molecule has 2 aromatic rings. The lowest BCUT2D eigenvalue weighted by molar-refractivity contribution is 0.416. The molecule has 3 N–H and O–H groups in total. The number of ether oxygens (including phenoxy) is 1. The minimum absolute atomic E-state index is 0.683. The smallest absolute Gasteiger partial charge is 0.128 e. The molecule has 4 nitrogen and oxygen atoms in total. The van der Waals surface area contributed by atoms with Gasteiger partial charge in [0.15, 0.2) is 0 Å². The summed E-state index contributed by atoms with van der Waals surface area (Å²) >= 11 is 0. The van der Waals surface area contributed by atoms with E-state index in [1.165, 1.54) is 5.56 Å². The van der Waals surface area contributed by atoms with E-state index in [2.05, 4.69) is 23.0 Å². The van der Waals surface area contributed by atoms with Gasteiger partial charge in [0.25, 0.3) is 0 Å². The van der Waals surface area contributed by atoms with Gasteiger partial charge in [0.1, 0.15) is 11.6 Å². The zero-order valence-corrected chi connectivity index (χ0v) is 11.8. The Kier molecular flexibility index (Phi) is 4.22. The summed E-state index contributed by atoms with van der Waals surface area (Å²) < 4.78 is 5.43. The molecule has 102 valence electrons. The van der Waals surface area contributed by atoms with E-state index in [1.807, 2.05) is 19.1 Å². The molecule has 0 unspecified atom stereocenters. The van der Waals surface area contributed by atoms with E-state index < -0.39 is 0 Å². The van der Waals surface area contributed by atoms with E-state index in [1.54, 1.807) is 7.11 Å². The van der Waals surface area contributed by atoms with Crippen LogP contribution in [0.25, 0.3) is 11.3 Å². The van der Waals surface area contributed by atoms with Crippen molar-refractivity contribution in [3.8, 4) is 17.0 Å². The largest absolute Gasteiger partial charge is 0.496 e. The molecule has 0 saturated carbocycles. The van der Waals surface area contributed by atoms with Crippen LogP contribution in [0.1, 0.15) is 23.5 Å². The molecule has 0 bridgehead atoms. The highest BCUT2D eigenvalue weighted by Gasteiger charge is 2.13. The Hall–Kier alpha value is -1.81. The summed E-state index contributed by atoms with van der Waals surface area (Å²) in [6.45, 7) is 4.79. The number of hydrogen-bond acceptors (Lipinski definition) is 3. The third kappa shape index (κ3) is 2.96. The van der Waals surface area contributed by atoms with Gasteiger partial charge in [-0.3, -0.25) is 0 Å². The highest BCUT2D eigenvalue weighted by atomic mass is 16.5. The minimum Gasteiger partial charge on any atom is -0.496 e. The lowest BCUT2D eigenvalue weighted by Gasteiger charge is -2.08. The molecule has 0 radical (unpaired) electrons. The van der Waals surface area contributed by atoms with Gasteiger partial charge in [0.05, 0.1) is 12.8 Å². The molecule has 1 heterocycles. The lowest BCUT2D eigenvalue weighted by Crippen LogP contribution is -2.01. The van der Waals surface area contributed by atoms with Gasteiger partial charge in [0.2, 0.25) is 0 Å². The first-order valence-electron chi connectivity index (χ1n) is 6.56. The van der Waals surface area contributed by atoms with E-state index in [0.29, 0.717) is 6.54 Å². The molecule has 0 aliphatic heterocycles. The molecule has 0 saturated heterocycles. The predicted molar refractivity (Wildman–Crippen MR) is 77.4 cm³/mol. The zero-order valence-electron chi connectivity index (χ0n) is 11.8. The third-order valence-corrected chi connectivity index (χ3v) is 3.16. The summed E-state index contributed by atoms with van der Waals surface area (Å²) in [4.78, 5) is 8.00. The number of aromatic amines is 1. The number of aromatic nitrogens is 2. The van der Waals surface area contributed by atoms with Crippen molar-refractivity contribution < 1.29 is 4.74 Å². The number of nitrogens with two attached hydrogens (primary N) is 1. The minimum atomic E-state index is 0.683. The van der Waals surface area contributed by atoms with Crippen molar-refractivity contribution in [3.05, 3.63) is 35.3 Å². The number of hydrogen-bond donors (Lipinski definition) is 2. The number of benzene rings is 1. The van der Waals surface area contributed by atoms with Gasteiger partial charge in [-0.15, -0.1) is 0 Å². The van der Waals surface area contributed by atoms with Crippen LogP contribution in [-0.4, -0.2) is 23.6 Å². The average molecular weight is 259 g/mol. The van der Waals surface area contributed by atoms with E-state index in [9.17, 15) is 0 Å². The molecule has 0 spiro atoms. The molecule has 2 rings (SSSR count). The SMILES string of the molecule is COc1ccc(C)cc1-c1nc(CCCN)[nH]c1C. The first-order valence-corrected chi connectivity index (χ1v) is 6.56. The fourth-order valence-electron chi connectivity index (χ4n) is 2.18. The molecule has 4 heteroatoms. The first-order chi connectivity index (χ1) is 9.15. The van der Waals surface area contributed by atoms with Crippen LogP contribution < -0.4 is 10.5 Å². The highest BCUT2D eigenvalue weighted by Crippen LogP contribution is 2.31. The Labute approximate surface area is 114 Å². The van der Waals surface area contributed by atoms with Gasteiger partial charge in [-0.1, -0.05) is 11.6 Å². The molecule has 1 aromatic heterocycles. The number of H-pyrrole nitrogens is 1. The van der Waals surface area contributed by atoms with Gasteiger partial charge < -0.3 is 15.5 Å². The fourth-order valence-corrected chi connectivity index (χ4v) is 2.18. The molecule has 0 aliphatic carbocycles. The Bertz CT molecular complexity index is 561. The monoisotopic (exact) mass is 259 g/mol. The van der Waals surface area contributed by atoms with Crippen molar-refractivity contribution in [2.45, 2.75) is 26.7 Å². The van der Waals surface area contributed by atoms with Crippen molar-refractivity contribution in [2.75, 3.05) is 13.7 Å². The van der Waals surface area contributed by atoms with Gasteiger partial charge >= 0.3 is 0 Å². The molecule has 0 fully saturated rings. The second-order valence-corrected chi connectivity index (χ2v) is 4.75. The molecule has 0 atom stereocenters. The molecule has 1 aromatic carbocycles. The maximum Gasteiger partial charge on any atom is 0.128 e. The third-order valence-electron chi connectivity index (χ3n) is 3.16. The van der Waals surface area contributed by atoms with Crippen LogP contribution in [0.3, 0.4) is 0 Å². The normalized spacial score (nSPS) is 10.7. The summed E-state index contributed by atoms with van der Waals surface area (Å²) in [5.74, 6) is 1.84. The molecular weight excluding hydrogens is 238 g/mol. The maximum absolute atomic E-state index is 5.54. The Balaban J connectivity index is 2.40. The fraction of sp³-hybridized carbons (Fsp3) is 0.400. The highest BCUT2D eigenvalue weighted by molar-refractivity contribution is 5.70. The number of nitrogens with zero attached hydrogens (tertiary/aromatic N) is 1. The summed E-state index contributed by atoms with van der Waals surface area (Å²) in [5, 5.41) is 0. The number of rotatable bonds is 5. The van der Waals surface area contributed by atoms with Gasteiger partial charge in [-0.25, -0.2) is 4.98 Å². The molecule has 0 aliphatic rings. The first kappa shape index (κ1) is 13.6. The van der Waals surface area contributed by atoms with Gasteiger partial charge in [0, 0.05) is 17.7 Å². The van der Waals surface area contributed by atoms with E-state index in [0.717, 1.165) is 41.4 Å². The summed E-state index contributed by atoms with van der Waals surface area (Å²) in [6.07, 6.45) is 1.82. The van der Waals surface area contributed by atoms with Crippen LogP contribution in [0.2, 0.25) is 0 Å². The van der Waals surface area contributed by atoms with Gasteiger partial charge in [-0.05, 0) is 38.9 Å². The van der Waals surface area contributed by atoms with Crippen molar-refractivity contribution in [3.63, 3.8) is 0 Å². The number of aryl methyl sites for hydroxylation is 3. The van der Waals surface area contributed by atoms with Crippen molar-refractivity contribution in [1.82, 2.24) is 9.97 Å². The van der Waals surface area contributed by atoms with E-state index in [4.69, 9.17) is 10.5 Å². The van der Waals surface area contributed by atoms with Crippen LogP contribution >= 0.6 is 0 Å². The Morgan fingerprint density at radius 1 is 1.32 bits per heavy atom. The second kappa shape index (κ2) is 5.89. The summed E-state index contributed by atoms with van der Waals surface area (Å²) in [5.41, 5.74) is 9.80. The van der Waals surface area contributed by atoms with Crippen molar-refractivity contribution >= 4 is 0 Å². The van der Waals surface area contributed by atoms with E-state index in [-0.39, 0.29) is 0 Å². The van der Waals surface area contributed by atoms with Crippen LogP contribution in [-0.2, 0) is 6.42 Å². The predicted octanol–water partition coefficient (Wildman–Crippen LogP) is 2.59. The zero-order chi connectivity index (χ0) is 13.8. The van der Waals surface area contributed by atoms with Crippen molar-refractivity contribution in [2.24, 2.45) is 5.73 Å². The number of imidazole rings is 1. The lowest BCUT2D eigenvalue weighted by atomic mass is 10.1. The standard InChI is InChI=1S/C15H21N3O/c1-10-6-7-13(19-3)12(9-10)15-11(2)17-14(18-15)5-4-8-16/h6-7,9H,4-5,8,16H2,1-3H3,(H,17,18). The quantitative estimate of drug-likeness (QED) is 0.867. The average Bonchev–Trinajstić information content (AvgIpc) is 2.77. The Morgan fingerprint density at radius 3 is 2.79 bits per heavy atom. The molecule has 0 amide bonds. The topological polar surface area (TPSA) is 63.9 Å². The van der Waals surface area contributed by atoms with E-state index >= 15 is 0 Å². The van der Waals surface area contributed by atoms with Crippen LogP contribution in [0.15, 0.2) is 18.2 Å². The number of nitrogens with one attached hydrogen (secondary N) is 1. The Morgan fingerprint density at radius 2 is 2.11 bits per heavy atom. The van der Waals surface area contributed by atoms with Gasteiger partial charge in [-0.2, -0.15) is 0 Å². The summed E-state index contributed by atoms with van der Waals surface area (Å²) in [6, 6.07) is 6.13. The summed E-state index contributed by atoms with van der Waals surface area (Å²) in [7, 11) is 1.69. The van der Waals surface area contributed by atoms with Crippen LogP contribution in [0.5, 0.6) is 5.75 Å². The number of methoxy groups -OCH3 is 1. The van der Waals surface area contributed by atoms with Crippen LogP contribution in [0.4, 0.5) is 0 Å². The van der Waals surface area contributed by atoms with Crippen molar-refractivity contribution in [1.29, 1.82) is 0 Å².